The van der Waals surface area contributed by atoms with Crippen LogP contribution in [0.15, 0.2) is 63.9 Å². The summed E-state index contributed by atoms with van der Waals surface area (Å²) in [5.74, 6) is 0.359. The molecule has 2 heterocycles. The molecule has 0 radical (unpaired) electrons. The smallest absolute Gasteiger partial charge is 0.336 e. The van der Waals surface area contributed by atoms with Crippen LogP contribution in [-0.4, -0.2) is 17.4 Å². The maximum atomic E-state index is 12.4. The Bertz CT molecular complexity index is 1150. The Morgan fingerprint density at radius 3 is 2.84 bits per heavy atom. The molecule has 0 atom stereocenters. The zero-order valence-corrected chi connectivity index (χ0v) is 13.5. The van der Waals surface area contributed by atoms with E-state index < -0.39 is 5.63 Å². The number of H-pyrrole nitrogens is 1. The third kappa shape index (κ3) is 2.80. The van der Waals surface area contributed by atoms with Crippen LogP contribution in [0.1, 0.15) is 15.9 Å². The van der Waals surface area contributed by atoms with Gasteiger partial charge in [0.15, 0.2) is 6.61 Å². The highest BCUT2D eigenvalue weighted by atomic mass is 16.5. The molecule has 25 heavy (non-hydrogen) atoms. The number of carbonyl (C=O) groups is 1. The average Bonchev–Trinajstić information content (AvgIpc) is 3.03. The van der Waals surface area contributed by atoms with E-state index in [1.54, 1.807) is 18.3 Å². The number of aromatic nitrogens is 1. The summed E-state index contributed by atoms with van der Waals surface area (Å²) < 4.78 is 10.8. The lowest BCUT2D eigenvalue weighted by Gasteiger charge is -2.07. The van der Waals surface area contributed by atoms with Crippen molar-refractivity contribution >= 4 is 27.7 Å². The number of carbonyl (C=O) groups excluding carboxylic acids is 1. The van der Waals surface area contributed by atoms with Gasteiger partial charge in [-0.15, -0.1) is 0 Å². The van der Waals surface area contributed by atoms with Crippen molar-refractivity contribution in [2.24, 2.45) is 0 Å². The molecule has 0 fully saturated rings. The van der Waals surface area contributed by atoms with Crippen LogP contribution < -0.4 is 10.4 Å². The molecule has 0 saturated heterocycles. The van der Waals surface area contributed by atoms with E-state index in [1.165, 1.54) is 6.07 Å². The first-order chi connectivity index (χ1) is 12.1. The van der Waals surface area contributed by atoms with Crippen molar-refractivity contribution in [3.05, 3.63) is 76.3 Å². The molecule has 0 aliphatic carbocycles. The molecular weight excluding hydrogens is 318 g/mol. The first-order valence-electron chi connectivity index (χ1n) is 7.88. The summed E-state index contributed by atoms with van der Waals surface area (Å²) in [6.07, 6.45) is 1.69. The van der Waals surface area contributed by atoms with Crippen molar-refractivity contribution in [1.82, 2.24) is 4.98 Å². The molecule has 5 heteroatoms. The third-order valence-corrected chi connectivity index (χ3v) is 4.18. The minimum Gasteiger partial charge on any atom is -0.485 e. The normalized spacial score (nSPS) is 11.1. The largest absolute Gasteiger partial charge is 0.485 e. The number of nitrogens with one attached hydrogen (secondary N) is 1. The number of hydrogen-bond acceptors (Lipinski definition) is 4. The lowest BCUT2D eigenvalue weighted by atomic mass is 10.1. The van der Waals surface area contributed by atoms with Gasteiger partial charge in [-0.2, -0.15) is 0 Å². The molecule has 0 bridgehead atoms. The lowest BCUT2D eigenvalue weighted by molar-refractivity contribution is 0.0923. The Hall–Kier alpha value is -3.34. The predicted octanol–water partition coefficient (Wildman–Crippen LogP) is 3.84. The van der Waals surface area contributed by atoms with Crippen LogP contribution in [0, 0.1) is 6.92 Å². The van der Waals surface area contributed by atoms with Crippen molar-refractivity contribution in [2.75, 3.05) is 6.61 Å². The van der Waals surface area contributed by atoms with Gasteiger partial charge in [-0.05, 0) is 30.7 Å². The quantitative estimate of drug-likeness (QED) is 0.455. The van der Waals surface area contributed by atoms with Crippen LogP contribution in [0.2, 0.25) is 0 Å². The fraction of sp³-hybridized carbons (Fsp3) is 0.100. The Balaban J connectivity index is 1.57. The number of fused-ring (bicyclic) bond motifs is 2. The Morgan fingerprint density at radius 1 is 1.12 bits per heavy atom. The van der Waals surface area contributed by atoms with Gasteiger partial charge in [0.1, 0.15) is 11.3 Å². The van der Waals surface area contributed by atoms with E-state index in [4.69, 9.17) is 9.15 Å². The van der Waals surface area contributed by atoms with E-state index in [0.29, 0.717) is 16.9 Å². The van der Waals surface area contributed by atoms with Crippen molar-refractivity contribution in [3.63, 3.8) is 0 Å². The van der Waals surface area contributed by atoms with Gasteiger partial charge in [0, 0.05) is 40.2 Å². The van der Waals surface area contributed by atoms with Gasteiger partial charge in [-0.3, -0.25) is 4.79 Å². The summed E-state index contributed by atoms with van der Waals surface area (Å²) in [6.45, 7) is 1.75. The second-order valence-corrected chi connectivity index (χ2v) is 5.87. The van der Waals surface area contributed by atoms with Gasteiger partial charge in [-0.1, -0.05) is 18.2 Å². The van der Waals surface area contributed by atoms with Crippen molar-refractivity contribution in [1.29, 1.82) is 0 Å². The van der Waals surface area contributed by atoms with Crippen LogP contribution in [0.3, 0.4) is 0 Å². The Labute approximate surface area is 142 Å². The molecule has 1 N–H and O–H groups in total. The second kappa shape index (κ2) is 5.94. The van der Waals surface area contributed by atoms with Crippen LogP contribution in [0.25, 0.3) is 21.9 Å². The molecule has 0 spiro atoms. The first kappa shape index (κ1) is 15.2. The molecule has 5 nitrogen and oxygen atoms in total. The minimum atomic E-state index is -0.406. The fourth-order valence-corrected chi connectivity index (χ4v) is 2.92. The van der Waals surface area contributed by atoms with Gasteiger partial charge in [0.05, 0.1) is 0 Å². The lowest BCUT2D eigenvalue weighted by Crippen LogP contribution is -2.11. The molecule has 0 amide bonds. The van der Waals surface area contributed by atoms with Crippen molar-refractivity contribution in [2.45, 2.75) is 6.92 Å². The van der Waals surface area contributed by atoms with E-state index in [-0.39, 0.29) is 12.4 Å². The summed E-state index contributed by atoms with van der Waals surface area (Å²) in [5.41, 5.74) is 2.39. The van der Waals surface area contributed by atoms with E-state index in [1.807, 2.05) is 37.3 Å². The minimum absolute atomic E-state index is 0.0938. The molecule has 0 aliphatic heterocycles. The topological polar surface area (TPSA) is 72.3 Å². The molecule has 0 saturated carbocycles. The van der Waals surface area contributed by atoms with Gasteiger partial charge >= 0.3 is 5.63 Å². The van der Waals surface area contributed by atoms with Crippen LogP contribution in [-0.2, 0) is 0 Å². The molecule has 2 aromatic carbocycles. The molecule has 0 aliphatic rings. The van der Waals surface area contributed by atoms with E-state index >= 15 is 0 Å². The second-order valence-electron chi connectivity index (χ2n) is 5.87. The van der Waals surface area contributed by atoms with Crippen LogP contribution in [0.4, 0.5) is 0 Å². The molecular formula is C20H15NO4. The average molecular weight is 333 g/mol. The Morgan fingerprint density at radius 2 is 1.96 bits per heavy atom. The van der Waals surface area contributed by atoms with Gasteiger partial charge in [0.2, 0.25) is 5.78 Å². The number of rotatable bonds is 4. The van der Waals surface area contributed by atoms with Crippen LogP contribution in [0.5, 0.6) is 5.75 Å². The van der Waals surface area contributed by atoms with E-state index in [2.05, 4.69) is 4.98 Å². The molecule has 4 aromatic rings. The number of hydrogen-bond donors (Lipinski definition) is 1. The number of aryl methyl sites for hydroxylation is 1. The van der Waals surface area contributed by atoms with Gasteiger partial charge in [0.25, 0.3) is 0 Å². The first-order valence-corrected chi connectivity index (χ1v) is 7.88. The standard InChI is InChI=1S/C20H15NO4/c1-12-8-20(23)25-19-9-13(6-7-14(12)19)24-11-18(22)16-10-21-17-5-3-2-4-15(16)17/h2-10,21H,11H2,1H3. The molecule has 4 rings (SSSR count). The summed E-state index contributed by atoms with van der Waals surface area (Å²) >= 11 is 0. The zero-order chi connectivity index (χ0) is 17.4. The monoisotopic (exact) mass is 333 g/mol. The van der Waals surface area contributed by atoms with E-state index in [9.17, 15) is 9.59 Å². The highest BCUT2D eigenvalue weighted by Gasteiger charge is 2.13. The van der Waals surface area contributed by atoms with Gasteiger partial charge in [-0.25, -0.2) is 4.79 Å². The zero-order valence-electron chi connectivity index (χ0n) is 13.5. The number of aromatic amines is 1. The third-order valence-electron chi connectivity index (χ3n) is 4.18. The highest BCUT2D eigenvalue weighted by Crippen LogP contribution is 2.23. The van der Waals surface area contributed by atoms with Crippen molar-refractivity contribution in [3.8, 4) is 5.75 Å². The maximum absolute atomic E-state index is 12.4. The SMILES string of the molecule is Cc1cc(=O)oc2cc(OCC(=O)c3c[nH]c4ccccc34)ccc12. The molecule has 2 aromatic heterocycles. The summed E-state index contributed by atoms with van der Waals surface area (Å²) in [6, 6.07) is 14.3. The molecule has 124 valence electrons. The molecule has 0 unspecified atom stereocenters. The van der Waals surface area contributed by atoms with E-state index in [0.717, 1.165) is 21.9 Å². The summed E-state index contributed by atoms with van der Waals surface area (Å²) in [7, 11) is 0. The fourth-order valence-electron chi connectivity index (χ4n) is 2.92. The number of benzene rings is 2. The number of para-hydroxylation sites is 1. The summed E-state index contributed by atoms with van der Waals surface area (Å²) in [5, 5.41) is 1.71. The Kier molecular flexibility index (Phi) is 3.61. The number of ether oxygens (including phenoxy) is 1. The number of Topliss-reactive ketones (excluding diaryl/α,β-unsaturated/α-hetero) is 1. The van der Waals surface area contributed by atoms with Crippen LogP contribution >= 0.6 is 0 Å². The van der Waals surface area contributed by atoms with Gasteiger partial charge < -0.3 is 14.1 Å². The highest BCUT2D eigenvalue weighted by molar-refractivity contribution is 6.08. The maximum Gasteiger partial charge on any atom is 0.336 e. The summed E-state index contributed by atoms with van der Waals surface area (Å²) in [4.78, 5) is 27.0. The number of ketones is 1. The predicted molar refractivity (Wildman–Crippen MR) is 95.3 cm³/mol. The van der Waals surface area contributed by atoms with Crippen molar-refractivity contribution < 1.29 is 13.9 Å².